The van der Waals surface area contributed by atoms with Crippen LogP contribution in [0.3, 0.4) is 0 Å². The van der Waals surface area contributed by atoms with Gasteiger partial charge in [0.1, 0.15) is 0 Å². The molecular weight excluding hydrogens is 364 g/mol. The molecular formula is C19H36N4O3S. The molecule has 0 unspecified atom stereocenters. The first-order chi connectivity index (χ1) is 12.9. The van der Waals surface area contributed by atoms with Crippen LogP contribution in [0.2, 0.25) is 0 Å². The molecule has 0 aliphatic carbocycles. The second-order valence-electron chi connectivity index (χ2n) is 8.81. The van der Waals surface area contributed by atoms with Gasteiger partial charge in [-0.05, 0) is 57.0 Å². The quantitative estimate of drug-likeness (QED) is 0.726. The molecule has 7 nitrogen and oxygen atoms in total. The average Bonchev–Trinajstić information content (AvgIpc) is 3.14. The van der Waals surface area contributed by atoms with E-state index in [0.717, 1.165) is 38.9 Å². The van der Waals surface area contributed by atoms with Crippen LogP contribution >= 0.6 is 0 Å². The summed E-state index contributed by atoms with van der Waals surface area (Å²) in [6.45, 7) is 10.1. The lowest BCUT2D eigenvalue weighted by Crippen LogP contribution is -2.53. The van der Waals surface area contributed by atoms with Crippen molar-refractivity contribution >= 4 is 16.1 Å². The zero-order chi connectivity index (χ0) is 19.4. The molecule has 0 aromatic carbocycles. The highest BCUT2D eigenvalue weighted by molar-refractivity contribution is 7.86. The molecule has 0 aromatic heterocycles. The third kappa shape index (κ3) is 5.43. The summed E-state index contributed by atoms with van der Waals surface area (Å²) in [5.74, 6) is 0.553. The zero-order valence-corrected chi connectivity index (χ0v) is 17.7. The molecule has 8 heteroatoms. The Hall–Kier alpha value is -0.700. The topological polar surface area (TPSA) is 73.0 Å². The van der Waals surface area contributed by atoms with Crippen LogP contribution in [0.4, 0.5) is 0 Å². The van der Waals surface area contributed by atoms with Gasteiger partial charge in [-0.1, -0.05) is 13.8 Å². The highest BCUT2D eigenvalue weighted by Gasteiger charge is 2.38. The number of likely N-dealkylation sites (tertiary alicyclic amines) is 1. The molecule has 0 saturated carbocycles. The van der Waals surface area contributed by atoms with Crippen LogP contribution in [0.25, 0.3) is 0 Å². The van der Waals surface area contributed by atoms with Crippen LogP contribution in [-0.4, -0.2) is 80.2 Å². The molecule has 3 atom stereocenters. The van der Waals surface area contributed by atoms with Gasteiger partial charge in [0, 0.05) is 39.3 Å². The molecule has 3 saturated heterocycles. The van der Waals surface area contributed by atoms with Crippen LogP contribution in [0.5, 0.6) is 0 Å². The predicted molar refractivity (Wildman–Crippen MR) is 106 cm³/mol. The summed E-state index contributed by atoms with van der Waals surface area (Å²) in [7, 11) is -3.47. The van der Waals surface area contributed by atoms with E-state index < -0.39 is 10.2 Å². The summed E-state index contributed by atoms with van der Waals surface area (Å²) < 4.78 is 29.4. The minimum absolute atomic E-state index is 0.00878. The van der Waals surface area contributed by atoms with Crippen molar-refractivity contribution in [1.82, 2.24) is 18.8 Å². The fraction of sp³-hybridized carbons (Fsp3) is 0.947. The van der Waals surface area contributed by atoms with Gasteiger partial charge in [-0.3, -0.25) is 4.79 Å². The highest BCUT2D eigenvalue weighted by Crippen LogP contribution is 2.27. The summed E-state index contributed by atoms with van der Waals surface area (Å²) in [4.78, 5) is 14.9. The van der Waals surface area contributed by atoms with E-state index in [1.807, 2.05) is 0 Å². The SMILES string of the molecule is C[C@@H]1C[C@H](C)CN(S(=O)(=O)N2CCC[C@H](C(=O)NCCN3CCCC3)C2)C1. The maximum Gasteiger partial charge on any atom is 0.282 e. The Morgan fingerprint density at radius 1 is 0.963 bits per heavy atom. The molecule has 1 N–H and O–H groups in total. The van der Waals surface area contributed by atoms with Gasteiger partial charge in [0.05, 0.1) is 5.92 Å². The fourth-order valence-electron chi connectivity index (χ4n) is 4.81. The Labute approximate surface area is 164 Å². The molecule has 0 radical (unpaired) electrons. The van der Waals surface area contributed by atoms with Crippen molar-refractivity contribution in [1.29, 1.82) is 0 Å². The van der Waals surface area contributed by atoms with E-state index in [1.165, 1.54) is 12.8 Å². The summed E-state index contributed by atoms with van der Waals surface area (Å²) in [6.07, 6.45) is 5.10. The fourth-order valence-corrected chi connectivity index (χ4v) is 6.75. The number of hydrogen-bond acceptors (Lipinski definition) is 4. The van der Waals surface area contributed by atoms with Crippen molar-refractivity contribution in [2.75, 3.05) is 52.4 Å². The molecule has 156 valence electrons. The molecule has 0 spiro atoms. The highest BCUT2D eigenvalue weighted by atomic mass is 32.2. The van der Waals surface area contributed by atoms with E-state index >= 15 is 0 Å². The van der Waals surface area contributed by atoms with Crippen LogP contribution < -0.4 is 5.32 Å². The molecule has 3 heterocycles. The van der Waals surface area contributed by atoms with Gasteiger partial charge < -0.3 is 10.2 Å². The molecule has 3 rings (SSSR count). The molecule has 0 aromatic rings. The maximum absolute atomic E-state index is 13.1. The van der Waals surface area contributed by atoms with Gasteiger partial charge in [-0.2, -0.15) is 17.0 Å². The minimum atomic E-state index is -3.47. The number of carbonyl (C=O) groups excluding carboxylic acids is 1. The predicted octanol–water partition coefficient (Wildman–Crippen LogP) is 1.13. The number of amides is 1. The lowest BCUT2D eigenvalue weighted by atomic mass is 9.94. The second-order valence-corrected chi connectivity index (χ2v) is 10.7. The van der Waals surface area contributed by atoms with E-state index in [2.05, 4.69) is 24.1 Å². The first kappa shape index (κ1) is 21.0. The molecule has 3 aliphatic rings. The van der Waals surface area contributed by atoms with Gasteiger partial charge >= 0.3 is 0 Å². The van der Waals surface area contributed by atoms with E-state index in [0.29, 0.717) is 44.6 Å². The summed E-state index contributed by atoms with van der Waals surface area (Å²) in [5.41, 5.74) is 0. The van der Waals surface area contributed by atoms with Crippen molar-refractivity contribution in [3.05, 3.63) is 0 Å². The monoisotopic (exact) mass is 400 g/mol. The maximum atomic E-state index is 13.1. The van der Waals surface area contributed by atoms with Crippen molar-refractivity contribution in [3.63, 3.8) is 0 Å². The second kappa shape index (κ2) is 9.20. The number of nitrogens with one attached hydrogen (secondary N) is 1. The van der Waals surface area contributed by atoms with Gasteiger partial charge in [0.25, 0.3) is 10.2 Å². The number of piperidine rings is 2. The van der Waals surface area contributed by atoms with E-state index in [1.54, 1.807) is 8.61 Å². The van der Waals surface area contributed by atoms with Gasteiger partial charge in [-0.15, -0.1) is 0 Å². The van der Waals surface area contributed by atoms with Gasteiger partial charge in [0.2, 0.25) is 5.91 Å². The van der Waals surface area contributed by atoms with Crippen molar-refractivity contribution in [2.45, 2.75) is 46.0 Å². The third-order valence-corrected chi connectivity index (χ3v) is 8.10. The van der Waals surface area contributed by atoms with E-state index in [4.69, 9.17) is 0 Å². The minimum Gasteiger partial charge on any atom is -0.355 e. The number of hydrogen-bond donors (Lipinski definition) is 1. The molecule has 1 amide bonds. The Bertz CT molecular complexity index is 596. The summed E-state index contributed by atoms with van der Waals surface area (Å²) >= 11 is 0. The van der Waals surface area contributed by atoms with Crippen LogP contribution in [0.15, 0.2) is 0 Å². The normalized spacial score (nSPS) is 31.9. The Balaban J connectivity index is 1.52. The van der Waals surface area contributed by atoms with E-state index in [9.17, 15) is 13.2 Å². The number of nitrogens with zero attached hydrogens (tertiary/aromatic N) is 3. The largest absolute Gasteiger partial charge is 0.355 e. The lowest BCUT2D eigenvalue weighted by Gasteiger charge is -2.39. The van der Waals surface area contributed by atoms with Crippen molar-refractivity contribution in [3.8, 4) is 0 Å². The van der Waals surface area contributed by atoms with Crippen molar-refractivity contribution < 1.29 is 13.2 Å². The molecule has 3 fully saturated rings. The smallest absolute Gasteiger partial charge is 0.282 e. The standard InChI is InChI=1S/C19H36N4O3S/c1-16-12-17(2)14-23(13-16)27(25,26)22-10-5-6-18(15-22)19(24)20-7-11-21-8-3-4-9-21/h16-18H,3-15H2,1-2H3,(H,20,24)/t16-,17+,18-/m0/s1. The molecule has 0 bridgehead atoms. The van der Waals surface area contributed by atoms with Crippen LogP contribution in [0, 0.1) is 17.8 Å². The summed E-state index contributed by atoms with van der Waals surface area (Å²) in [6, 6.07) is 0. The zero-order valence-electron chi connectivity index (χ0n) is 16.9. The van der Waals surface area contributed by atoms with Gasteiger partial charge in [-0.25, -0.2) is 0 Å². The average molecular weight is 401 g/mol. The third-order valence-electron chi connectivity index (χ3n) is 6.17. The molecule has 3 aliphatic heterocycles. The first-order valence-electron chi connectivity index (χ1n) is 10.6. The molecule has 27 heavy (non-hydrogen) atoms. The van der Waals surface area contributed by atoms with Crippen molar-refractivity contribution in [2.24, 2.45) is 17.8 Å². The Morgan fingerprint density at radius 2 is 1.63 bits per heavy atom. The van der Waals surface area contributed by atoms with Crippen LogP contribution in [0.1, 0.15) is 46.0 Å². The number of rotatable bonds is 6. The first-order valence-corrected chi connectivity index (χ1v) is 12.0. The van der Waals surface area contributed by atoms with E-state index in [-0.39, 0.29) is 11.8 Å². The van der Waals surface area contributed by atoms with Gasteiger partial charge in [0.15, 0.2) is 0 Å². The summed E-state index contributed by atoms with van der Waals surface area (Å²) in [5, 5.41) is 3.03. The number of carbonyl (C=O) groups is 1. The lowest BCUT2D eigenvalue weighted by molar-refractivity contribution is -0.126. The van der Waals surface area contributed by atoms with Crippen LogP contribution in [-0.2, 0) is 15.0 Å². The Kier molecular flexibility index (Phi) is 7.16. The Morgan fingerprint density at radius 3 is 2.30 bits per heavy atom.